The summed E-state index contributed by atoms with van der Waals surface area (Å²) in [6, 6.07) is 20.3. The molecular formula is C25H27N5O. The minimum atomic E-state index is 0.113. The molecule has 2 aromatic carbocycles. The summed E-state index contributed by atoms with van der Waals surface area (Å²) < 4.78 is 2.16. The van der Waals surface area contributed by atoms with Crippen molar-refractivity contribution in [2.45, 2.75) is 20.3 Å². The van der Waals surface area contributed by atoms with E-state index in [1.165, 1.54) is 0 Å². The number of carbonyl (C=O) groups excluding carboxylic acids is 1. The van der Waals surface area contributed by atoms with Crippen molar-refractivity contribution in [2.75, 3.05) is 31.1 Å². The van der Waals surface area contributed by atoms with Crippen LogP contribution in [0, 0.1) is 13.8 Å². The number of aromatic nitrogens is 3. The lowest BCUT2D eigenvalue weighted by Crippen LogP contribution is -2.35. The van der Waals surface area contributed by atoms with Crippen molar-refractivity contribution in [2.24, 2.45) is 0 Å². The number of nitrogens with one attached hydrogen (secondary N) is 1. The molecular weight excluding hydrogens is 386 g/mol. The van der Waals surface area contributed by atoms with Crippen LogP contribution in [0.4, 0.5) is 5.95 Å². The molecule has 1 aliphatic rings. The normalized spacial score (nSPS) is 14.8. The van der Waals surface area contributed by atoms with Gasteiger partial charge in [0.05, 0.1) is 16.6 Å². The van der Waals surface area contributed by atoms with Crippen LogP contribution in [0.3, 0.4) is 0 Å². The molecule has 0 aliphatic carbocycles. The standard InChI is InChI=1S/C25H27N5O/c1-18-17-21(19(2)30(18)20-9-4-3-5-10-20)24(31)28-13-8-14-29(16-15-28)25-26-22-11-6-7-12-23(22)27-25/h3-7,9-12,17H,8,13-16H2,1-2H3,(H,26,27). The fourth-order valence-electron chi connectivity index (χ4n) is 4.55. The number of H-pyrrole nitrogens is 1. The van der Waals surface area contributed by atoms with Crippen LogP contribution in [0.2, 0.25) is 0 Å². The number of nitrogens with zero attached hydrogens (tertiary/aromatic N) is 4. The molecule has 1 saturated heterocycles. The van der Waals surface area contributed by atoms with Crippen molar-refractivity contribution in [3.8, 4) is 5.69 Å². The van der Waals surface area contributed by atoms with Crippen molar-refractivity contribution in [1.82, 2.24) is 19.4 Å². The third-order valence-electron chi connectivity index (χ3n) is 6.14. The summed E-state index contributed by atoms with van der Waals surface area (Å²) >= 11 is 0. The highest BCUT2D eigenvalue weighted by atomic mass is 16.2. The number of anilines is 1. The average Bonchev–Trinajstić information content (AvgIpc) is 3.24. The van der Waals surface area contributed by atoms with E-state index in [4.69, 9.17) is 4.98 Å². The Morgan fingerprint density at radius 2 is 1.71 bits per heavy atom. The number of rotatable bonds is 3. The fraction of sp³-hybridized carbons (Fsp3) is 0.280. The molecule has 5 rings (SSSR count). The maximum Gasteiger partial charge on any atom is 0.255 e. The van der Waals surface area contributed by atoms with Crippen LogP contribution in [0.5, 0.6) is 0 Å². The van der Waals surface area contributed by atoms with Gasteiger partial charge in [0.2, 0.25) is 5.95 Å². The van der Waals surface area contributed by atoms with Crippen LogP contribution in [0.25, 0.3) is 16.7 Å². The van der Waals surface area contributed by atoms with Crippen LogP contribution in [-0.4, -0.2) is 51.5 Å². The number of carbonyl (C=O) groups is 1. The smallest absolute Gasteiger partial charge is 0.255 e. The predicted octanol–water partition coefficient (Wildman–Crippen LogP) is 4.32. The Balaban J connectivity index is 1.35. The quantitative estimate of drug-likeness (QED) is 0.544. The summed E-state index contributed by atoms with van der Waals surface area (Å²) in [5.74, 6) is 1.000. The molecule has 1 amide bonds. The summed E-state index contributed by atoms with van der Waals surface area (Å²) in [5, 5.41) is 0. The first-order valence-corrected chi connectivity index (χ1v) is 10.8. The average molecular weight is 414 g/mol. The first kappa shape index (κ1) is 19.4. The zero-order valence-corrected chi connectivity index (χ0v) is 18.0. The number of imidazole rings is 1. The van der Waals surface area contributed by atoms with Gasteiger partial charge in [-0.2, -0.15) is 0 Å². The maximum absolute atomic E-state index is 13.4. The second-order valence-corrected chi connectivity index (χ2v) is 8.17. The van der Waals surface area contributed by atoms with Gasteiger partial charge in [0.25, 0.3) is 5.91 Å². The number of hydrogen-bond donors (Lipinski definition) is 1. The zero-order chi connectivity index (χ0) is 21.4. The lowest BCUT2D eigenvalue weighted by Gasteiger charge is -2.22. The number of amides is 1. The summed E-state index contributed by atoms with van der Waals surface area (Å²) in [4.78, 5) is 25.8. The van der Waals surface area contributed by atoms with Crippen LogP contribution < -0.4 is 4.90 Å². The molecule has 4 aromatic rings. The number of fused-ring (bicyclic) bond motifs is 1. The lowest BCUT2D eigenvalue weighted by molar-refractivity contribution is 0.0766. The highest BCUT2D eigenvalue weighted by Gasteiger charge is 2.25. The molecule has 3 heterocycles. The van der Waals surface area contributed by atoms with Gasteiger partial charge in [-0.1, -0.05) is 30.3 Å². The summed E-state index contributed by atoms with van der Waals surface area (Å²) in [6.07, 6.45) is 0.917. The Labute approximate surface area is 182 Å². The monoisotopic (exact) mass is 413 g/mol. The van der Waals surface area contributed by atoms with E-state index in [2.05, 4.69) is 33.5 Å². The second-order valence-electron chi connectivity index (χ2n) is 8.17. The molecule has 0 bridgehead atoms. The topological polar surface area (TPSA) is 57.2 Å². The van der Waals surface area contributed by atoms with Gasteiger partial charge in [0.1, 0.15) is 0 Å². The molecule has 0 atom stereocenters. The molecule has 1 fully saturated rings. The molecule has 31 heavy (non-hydrogen) atoms. The van der Waals surface area contributed by atoms with Gasteiger partial charge in [0.15, 0.2) is 0 Å². The van der Waals surface area contributed by atoms with Crippen molar-refractivity contribution in [3.05, 3.63) is 77.6 Å². The Kier molecular flexibility index (Phi) is 4.98. The predicted molar refractivity (Wildman–Crippen MR) is 124 cm³/mol. The van der Waals surface area contributed by atoms with Crippen LogP contribution in [0.1, 0.15) is 28.2 Å². The van der Waals surface area contributed by atoms with Crippen LogP contribution >= 0.6 is 0 Å². The van der Waals surface area contributed by atoms with E-state index in [1.807, 2.05) is 60.4 Å². The minimum Gasteiger partial charge on any atom is -0.341 e. The number of para-hydroxylation sites is 3. The SMILES string of the molecule is Cc1cc(C(=O)N2CCCN(c3nc4ccccc4[nH]3)CC2)c(C)n1-c1ccccc1. The number of aromatic amines is 1. The van der Waals surface area contributed by atoms with E-state index >= 15 is 0 Å². The van der Waals surface area contributed by atoms with Gasteiger partial charge in [-0.3, -0.25) is 4.79 Å². The highest BCUT2D eigenvalue weighted by Crippen LogP contribution is 2.23. The summed E-state index contributed by atoms with van der Waals surface area (Å²) in [6.45, 7) is 7.18. The van der Waals surface area contributed by atoms with Crippen LogP contribution in [-0.2, 0) is 0 Å². The zero-order valence-electron chi connectivity index (χ0n) is 18.0. The van der Waals surface area contributed by atoms with Gasteiger partial charge < -0.3 is 19.4 Å². The Hall–Kier alpha value is -3.54. The number of benzene rings is 2. The van der Waals surface area contributed by atoms with Crippen molar-refractivity contribution >= 4 is 22.9 Å². The second kappa shape index (κ2) is 7.95. The molecule has 1 N–H and O–H groups in total. The third kappa shape index (κ3) is 3.58. The van der Waals surface area contributed by atoms with Gasteiger partial charge >= 0.3 is 0 Å². The maximum atomic E-state index is 13.4. The molecule has 0 saturated carbocycles. The van der Waals surface area contributed by atoms with E-state index in [0.29, 0.717) is 6.54 Å². The van der Waals surface area contributed by atoms with E-state index in [-0.39, 0.29) is 5.91 Å². The fourth-order valence-corrected chi connectivity index (χ4v) is 4.55. The van der Waals surface area contributed by atoms with E-state index < -0.39 is 0 Å². The van der Waals surface area contributed by atoms with E-state index in [9.17, 15) is 4.79 Å². The van der Waals surface area contributed by atoms with Gasteiger partial charge in [-0.25, -0.2) is 4.98 Å². The number of aryl methyl sites for hydroxylation is 1. The molecule has 6 nitrogen and oxygen atoms in total. The molecule has 0 radical (unpaired) electrons. The Morgan fingerprint density at radius 3 is 2.52 bits per heavy atom. The molecule has 2 aromatic heterocycles. The minimum absolute atomic E-state index is 0.113. The largest absolute Gasteiger partial charge is 0.341 e. The Morgan fingerprint density at radius 1 is 0.935 bits per heavy atom. The van der Waals surface area contributed by atoms with Gasteiger partial charge in [0, 0.05) is 43.3 Å². The summed E-state index contributed by atoms with van der Waals surface area (Å²) in [5.41, 5.74) is 5.96. The van der Waals surface area contributed by atoms with Crippen LogP contribution in [0.15, 0.2) is 60.7 Å². The lowest BCUT2D eigenvalue weighted by atomic mass is 10.2. The molecule has 6 heteroatoms. The van der Waals surface area contributed by atoms with Crippen molar-refractivity contribution in [1.29, 1.82) is 0 Å². The van der Waals surface area contributed by atoms with E-state index in [0.717, 1.165) is 65.7 Å². The molecule has 0 spiro atoms. The summed E-state index contributed by atoms with van der Waals surface area (Å²) in [7, 11) is 0. The third-order valence-corrected chi connectivity index (χ3v) is 6.14. The first-order chi connectivity index (χ1) is 15.1. The van der Waals surface area contributed by atoms with E-state index in [1.54, 1.807) is 0 Å². The molecule has 0 unspecified atom stereocenters. The highest BCUT2D eigenvalue weighted by molar-refractivity contribution is 5.96. The molecule has 1 aliphatic heterocycles. The first-order valence-electron chi connectivity index (χ1n) is 10.8. The van der Waals surface area contributed by atoms with Gasteiger partial charge in [-0.05, 0) is 50.6 Å². The van der Waals surface area contributed by atoms with Gasteiger partial charge in [-0.15, -0.1) is 0 Å². The number of hydrogen-bond acceptors (Lipinski definition) is 3. The van der Waals surface area contributed by atoms with Crippen molar-refractivity contribution < 1.29 is 4.79 Å². The Bertz CT molecular complexity index is 1190. The van der Waals surface area contributed by atoms with Crippen molar-refractivity contribution in [3.63, 3.8) is 0 Å². The molecule has 158 valence electrons.